The van der Waals surface area contributed by atoms with Gasteiger partial charge < -0.3 is 19.3 Å². The van der Waals surface area contributed by atoms with E-state index in [4.69, 9.17) is 9.47 Å². The first-order valence-electron chi connectivity index (χ1n) is 10.1. The van der Waals surface area contributed by atoms with Crippen molar-refractivity contribution in [1.82, 2.24) is 24.4 Å². The van der Waals surface area contributed by atoms with Crippen LogP contribution in [0, 0.1) is 6.92 Å². The van der Waals surface area contributed by atoms with Crippen molar-refractivity contribution in [2.75, 3.05) is 37.9 Å². The van der Waals surface area contributed by atoms with Crippen LogP contribution < -0.4 is 14.4 Å². The summed E-state index contributed by atoms with van der Waals surface area (Å²) in [6, 6.07) is 7.58. The number of anilines is 1. The number of piperazine rings is 1. The number of hydrogen-bond donors (Lipinski definition) is 0. The van der Waals surface area contributed by atoms with Gasteiger partial charge >= 0.3 is 0 Å². The van der Waals surface area contributed by atoms with Gasteiger partial charge in [0.15, 0.2) is 11.5 Å². The van der Waals surface area contributed by atoms with E-state index < -0.39 is 0 Å². The zero-order valence-electron chi connectivity index (χ0n) is 17.1. The van der Waals surface area contributed by atoms with Gasteiger partial charge in [-0.2, -0.15) is 0 Å². The van der Waals surface area contributed by atoms with Gasteiger partial charge in [0.1, 0.15) is 23.8 Å². The summed E-state index contributed by atoms with van der Waals surface area (Å²) < 4.78 is 12.6. The topological polar surface area (TPSA) is 85.6 Å². The quantitative estimate of drug-likeness (QED) is 0.600. The van der Waals surface area contributed by atoms with Crippen molar-refractivity contribution in [2.45, 2.75) is 6.92 Å². The summed E-state index contributed by atoms with van der Waals surface area (Å²) >= 11 is 0. The lowest BCUT2D eigenvalue weighted by atomic mass is 10.2. The van der Waals surface area contributed by atoms with E-state index in [0.29, 0.717) is 31.9 Å². The highest BCUT2D eigenvalue weighted by Crippen LogP contribution is 2.32. The second-order valence-corrected chi connectivity index (χ2v) is 7.34. The Hall–Kier alpha value is -3.88. The maximum Gasteiger partial charge on any atom is 0.246 e. The number of fused-ring (bicyclic) bond motifs is 1. The van der Waals surface area contributed by atoms with Crippen molar-refractivity contribution >= 4 is 17.8 Å². The second kappa shape index (κ2) is 8.10. The SMILES string of the molecule is Cc1nccn1-c1cc(N2CCN(C(=O)/C=C/c3ccc4c(c3)OCO4)CC2)ncn1. The van der Waals surface area contributed by atoms with Crippen molar-refractivity contribution in [1.29, 1.82) is 0 Å². The van der Waals surface area contributed by atoms with Crippen LogP contribution in [0.4, 0.5) is 5.82 Å². The number of carbonyl (C=O) groups excluding carboxylic acids is 1. The minimum atomic E-state index is -0.00488. The highest BCUT2D eigenvalue weighted by molar-refractivity contribution is 5.92. The predicted molar refractivity (Wildman–Crippen MR) is 114 cm³/mol. The Morgan fingerprint density at radius 1 is 1.00 bits per heavy atom. The summed E-state index contributed by atoms with van der Waals surface area (Å²) in [4.78, 5) is 29.7. The van der Waals surface area contributed by atoms with Crippen LogP contribution in [0.2, 0.25) is 0 Å². The average molecular weight is 418 g/mol. The van der Waals surface area contributed by atoms with Crippen LogP contribution in [0.25, 0.3) is 11.9 Å². The number of imidazole rings is 1. The normalized spacial score (nSPS) is 15.6. The molecule has 5 rings (SSSR count). The first kappa shape index (κ1) is 19.1. The number of carbonyl (C=O) groups is 1. The standard InChI is InChI=1S/C22H22N6O3/c1-16-23-6-7-28(16)21-13-20(24-14-25-21)26-8-10-27(11-9-26)22(29)5-3-17-2-4-18-19(12-17)31-15-30-18/h2-7,12-14H,8-11,15H2,1H3/b5-3+. The molecule has 0 N–H and O–H groups in total. The van der Waals surface area contributed by atoms with Crippen LogP contribution in [0.15, 0.2) is 49.1 Å². The van der Waals surface area contributed by atoms with Crippen LogP contribution in [-0.2, 0) is 4.79 Å². The molecule has 2 aliphatic heterocycles. The van der Waals surface area contributed by atoms with E-state index in [9.17, 15) is 4.79 Å². The molecule has 1 fully saturated rings. The Labute approximate surface area is 179 Å². The number of aromatic nitrogens is 4. The molecule has 0 atom stereocenters. The number of nitrogens with zero attached hydrogens (tertiary/aromatic N) is 6. The lowest BCUT2D eigenvalue weighted by Gasteiger charge is -2.35. The van der Waals surface area contributed by atoms with Crippen molar-refractivity contribution < 1.29 is 14.3 Å². The van der Waals surface area contributed by atoms with Gasteiger partial charge in [0.2, 0.25) is 12.7 Å². The zero-order chi connectivity index (χ0) is 21.2. The van der Waals surface area contributed by atoms with E-state index >= 15 is 0 Å². The van der Waals surface area contributed by atoms with Gasteiger partial charge in [0.25, 0.3) is 0 Å². The van der Waals surface area contributed by atoms with Crippen LogP contribution in [0.3, 0.4) is 0 Å². The lowest BCUT2D eigenvalue weighted by Crippen LogP contribution is -2.48. The molecule has 4 heterocycles. The Bertz CT molecular complexity index is 1130. The van der Waals surface area contributed by atoms with Crippen molar-refractivity contribution in [3.63, 3.8) is 0 Å². The average Bonchev–Trinajstić information content (AvgIpc) is 3.46. The first-order valence-corrected chi connectivity index (χ1v) is 10.1. The Kier molecular flexibility index (Phi) is 4.99. The molecule has 31 heavy (non-hydrogen) atoms. The van der Waals surface area contributed by atoms with E-state index in [1.165, 1.54) is 0 Å². The van der Waals surface area contributed by atoms with Gasteiger partial charge in [-0.1, -0.05) is 6.07 Å². The van der Waals surface area contributed by atoms with E-state index in [1.807, 2.05) is 46.9 Å². The Morgan fingerprint density at radius 2 is 1.81 bits per heavy atom. The molecule has 0 radical (unpaired) electrons. The molecule has 1 aromatic carbocycles. The smallest absolute Gasteiger partial charge is 0.246 e. The fourth-order valence-corrected chi connectivity index (χ4v) is 3.71. The minimum Gasteiger partial charge on any atom is -0.454 e. The molecule has 0 unspecified atom stereocenters. The largest absolute Gasteiger partial charge is 0.454 e. The van der Waals surface area contributed by atoms with Crippen molar-refractivity contribution in [2.24, 2.45) is 0 Å². The Morgan fingerprint density at radius 3 is 2.61 bits per heavy atom. The summed E-state index contributed by atoms with van der Waals surface area (Å²) in [7, 11) is 0. The van der Waals surface area contributed by atoms with Gasteiger partial charge in [-0.3, -0.25) is 9.36 Å². The molecule has 2 aromatic heterocycles. The molecule has 2 aliphatic rings. The van der Waals surface area contributed by atoms with E-state index in [-0.39, 0.29) is 12.7 Å². The monoisotopic (exact) mass is 418 g/mol. The highest BCUT2D eigenvalue weighted by atomic mass is 16.7. The number of hydrogen-bond acceptors (Lipinski definition) is 7. The fraction of sp³-hybridized carbons (Fsp3) is 0.273. The summed E-state index contributed by atoms with van der Waals surface area (Å²) in [5.74, 6) is 3.93. The maximum absolute atomic E-state index is 12.6. The summed E-state index contributed by atoms with van der Waals surface area (Å²) in [6.07, 6.45) is 8.61. The molecule has 0 aliphatic carbocycles. The molecule has 0 spiro atoms. The van der Waals surface area contributed by atoms with Crippen molar-refractivity contribution in [3.8, 4) is 17.3 Å². The van der Waals surface area contributed by atoms with Gasteiger partial charge in [-0.15, -0.1) is 0 Å². The number of aryl methyl sites for hydroxylation is 1. The third-order valence-corrected chi connectivity index (χ3v) is 5.44. The van der Waals surface area contributed by atoms with E-state index in [1.54, 1.807) is 24.7 Å². The van der Waals surface area contributed by atoms with Gasteiger partial charge in [0.05, 0.1) is 0 Å². The van der Waals surface area contributed by atoms with Crippen LogP contribution in [0.5, 0.6) is 11.5 Å². The van der Waals surface area contributed by atoms with Crippen molar-refractivity contribution in [3.05, 3.63) is 60.5 Å². The van der Waals surface area contributed by atoms with Gasteiger partial charge in [-0.05, 0) is 30.7 Å². The van der Waals surface area contributed by atoms with Crippen LogP contribution in [-0.4, -0.2) is 63.3 Å². The Balaban J connectivity index is 1.20. The highest BCUT2D eigenvalue weighted by Gasteiger charge is 2.21. The summed E-state index contributed by atoms with van der Waals surface area (Å²) in [6.45, 7) is 4.86. The van der Waals surface area contributed by atoms with Gasteiger partial charge in [0, 0.05) is 50.7 Å². The molecular weight excluding hydrogens is 396 g/mol. The first-order chi connectivity index (χ1) is 15.2. The van der Waals surface area contributed by atoms with E-state index in [2.05, 4.69) is 19.9 Å². The van der Waals surface area contributed by atoms with Gasteiger partial charge in [-0.25, -0.2) is 15.0 Å². The van der Waals surface area contributed by atoms with Crippen LogP contribution in [0.1, 0.15) is 11.4 Å². The summed E-state index contributed by atoms with van der Waals surface area (Å²) in [5, 5.41) is 0. The molecule has 1 saturated heterocycles. The molecule has 1 amide bonds. The van der Waals surface area contributed by atoms with E-state index in [0.717, 1.165) is 28.8 Å². The lowest BCUT2D eigenvalue weighted by molar-refractivity contribution is -0.126. The fourth-order valence-electron chi connectivity index (χ4n) is 3.71. The molecular formula is C22H22N6O3. The van der Waals surface area contributed by atoms with Crippen LogP contribution >= 0.6 is 0 Å². The molecule has 9 heteroatoms. The second-order valence-electron chi connectivity index (χ2n) is 7.34. The third kappa shape index (κ3) is 3.94. The number of ether oxygens (including phenoxy) is 2. The molecule has 0 bridgehead atoms. The number of benzene rings is 1. The predicted octanol–water partition coefficient (Wildman–Crippen LogP) is 2.06. The molecule has 0 saturated carbocycles. The number of rotatable bonds is 4. The molecule has 158 valence electrons. The molecule has 3 aromatic rings. The third-order valence-electron chi connectivity index (χ3n) is 5.44. The maximum atomic E-state index is 12.6. The zero-order valence-corrected chi connectivity index (χ0v) is 17.1. The summed E-state index contributed by atoms with van der Waals surface area (Å²) in [5.41, 5.74) is 0.902. The molecule has 9 nitrogen and oxygen atoms in total. The number of amides is 1. The minimum absolute atomic E-state index is 0.00488.